The molecule has 0 saturated carbocycles. The topological polar surface area (TPSA) is 47.6 Å². The first-order chi connectivity index (χ1) is 9.58. The van der Waals surface area contributed by atoms with E-state index in [1.807, 2.05) is 0 Å². The number of amides is 2. The first kappa shape index (κ1) is 14.7. The van der Waals surface area contributed by atoms with E-state index >= 15 is 0 Å². The molecule has 2 amide bonds. The van der Waals surface area contributed by atoms with Crippen molar-refractivity contribution in [2.24, 2.45) is 0 Å². The van der Waals surface area contributed by atoms with Gasteiger partial charge in [-0.2, -0.15) is 0 Å². The Morgan fingerprint density at radius 1 is 1.35 bits per heavy atom. The predicted molar refractivity (Wildman–Crippen MR) is 82.2 cm³/mol. The molecule has 0 spiro atoms. The third kappa shape index (κ3) is 3.63. The number of hydrogen-bond donors (Lipinski definition) is 2. The summed E-state index contributed by atoms with van der Waals surface area (Å²) in [5.74, 6) is 0. The quantitative estimate of drug-likeness (QED) is 0.790. The third-order valence-corrected chi connectivity index (χ3v) is 3.59. The van der Waals surface area contributed by atoms with Crippen LogP contribution in [0.5, 0.6) is 0 Å². The summed E-state index contributed by atoms with van der Waals surface area (Å²) < 4.78 is 0. The Bertz CT molecular complexity index is 473. The van der Waals surface area contributed by atoms with Crippen molar-refractivity contribution in [3.05, 3.63) is 29.3 Å². The molecule has 5 nitrogen and oxygen atoms in total. The minimum atomic E-state index is -0.0487. The SMILES string of the molecule is CN(C)C(=O)NCCNCc1ccc2c(c1)CCN2C. The van der Waals surface area contributed by atoms with Gasteiger partial charge in [0.15, 0.2) is 0 Å². The van der Waals surface area contributed by atoms with Crippen molar-refractivity contribution in [2.75, 3.05) is 45.7 Å². The molecule has 1 aromatic rings. The molecule has 1 aliphatic rings. The zero-order valence-corrected chi connectivity index (χ0v) is 12.6. The van der Waals surface area contributed by atoms with Crippen LogP contribution < -0.4 is 15.5 Å². The van der Waals surface area contributed by atoms with Crippen molar-refractivity contribution in [1.82, 2.24) is 15.5 Å². The van der Waals surface area contributed by atoms with Gasteiger partial charge in [0.2, 0.25) is 0 Å². The van der Waals surface area contributed by atoms with Crippen LogP contribution in [0.3, 0.4) is 0 Å². The number of likely N-dealkylation sites (N-methyl/N-ethyl adjacent to an activating group) is 1. The van der Waals surface area contributed by atoms with Crippen LogP contribution >= 0.6 is 0 Å². The highest BCUT2D eigenvalue weighted by Crippen LogP contribution is 2.27. The lowest BCUT2D eigenvalue weighted by Gasteiger charge is -2.13. The van der Waals surface area contributed by atoms with E-state index in [1.54, 1.807) is 14.1 Å². The summed E-state index contributed by atoms with van der Waals surface area (Å²) in [7, 11) is 5.62. The minimum Gasteiger partial charge on any atom is -0.374 e. The highest BCUT2D eigenvalue weighted by atomic mass is 16.2. The summed E-state index contributed by atoms with van der Waals surface area (Å²) in [4.78, 5) is 15.2. The molecule has 2 rings (SSSR count). The fourth-order valence-corrected chi connectivity index (χ4v) is 2.38. The summed E-state index contributed by atoms with van der Waals surface area (Å²) in [6.07, 6.45) is 1.14. The average molecular weight is 276 g/mol. The Hall–Kier alpha value is -1.75. The minimum absolute atomic E-state index is 0.0487. The van der Waals surface area contributed by atoms with Gasteiger partial charge in [0.25, 0.3) is 0 Å². The van der Waals surface area contributed by atoms with E-state index in [1.165, 1.54) is 21.7 Å². The lowest BCUT2D eigenvalue weighted by Crippen LogP contribution is -2.38. The number of hydrogen-bond acceptors (Lipinski definition) is 3. The van der Waals surface area contributed by atoms with Crippen molar-refractivity contribution in [3.8, 4) is 0 Å². The number of nitrogens with zero attached hydrogens (tertiary/aromatic N) is 2. The van der Waals surface area contributed by atoms with Crippen molar-refractivity contribution in [1.29, 1.82) is 0 Å². The summed E-state index contributed by atoms with van der Waals surface area (Å²) in [5.41, 5.74) is 4.10. The van der Waals surface area contributed by atoms with E-state index < -0.39 is 0 Å². The van der Waals surface area contributed by atoms with Gasteiger partial charge in [0.1, 0.15) is 0 Å². The maximum absolute atomic E-state index is 11.3. The highest BCUT2D eigenvalue weighted by Gasteiger charge is 2.15. The molecule has 0 bridgehead atoms. The Morgan fingerprint density at radius 2 is 2.15 bits per heavy atom. The van der Waals surface area contributed by atoms with Crippen LogP contribution in [0, 0.1) is 0 Å². The van der Waals surface area contributed by atoms with Crippen LogP contribution in [0.15, 0.2) is 18.2 Å². The van der Waals surface area contributed by atoms with Gasteiger partial charge in [-0.1, -0.05) is 12.1 Å². The fourth-order valence-electron chi connectivity index (χ4n) is 2.38. The number of carbonyl (C=O) groups excluding carboxylic acids is 1. The molecule has 0 fully saturated rings. The highest BCUT2D eigenvalue weighted by molar-refractivity contribution is 5.73. The van der Waals surface area contributed by atoms with Crippen LogP contribution in [-0.4, -0.2) is 51.7 Å². The number of fused-ring (bicyclic) bond motifs is 1. The van der Waals surface area contributed by atoms with Gasteiger partial charge in [0.05, 0.1) is 0 Å². The smallest absolute Gasteiger partial charge is 0.316 e. The van der Waals surface area contributed by atoms with Crippen LogP contribution in [0.2, 0.25) is 0 Å². The number of rotatable bonds is 5. The van der Waals surface area contributed by atoms with Crippen molar-refractivity contribution in [2.45, 2.75) is 13.0 Å². The first-order valence-electron chi connectivity index (χ1n) is 7.07. The molecule has 110 valence electrons. The summed E-state index contributed by atoms with van der Waals surface area (Å²) in [6.45, 7) is 3.37. The van der Waals surface area contributed by atoms with Gasteiger partial charge in [-0.05, 0) is 23.6 Å². The first-order valence-corrected chi connectivity index (χ1v) is 7.07. The number of anilines is 1. The predicted octanol–water partition coefficient (Wildman–Crippen LogP) is 1.04. The van der Waals surface area contributed by atoms with Crippen LogP contribution in [0.4, 0.5) is 10.5 Å². The number of nitrogens with one attached hydrogen (secondary N) is 2. The Labute approximate surface area is 120 Å². The third-order valence-electron chi connectivity index (χ3n) is 3.59. The monoisotopic (exact) mass is 276 g/mol. The standard InChI is InChI=1S/C15H24N4O/c1-18(2)15(20)17-8-7-16-11-12-4-5-14-13(10-12)6-9-19(14)3/h4-5,10,16H,6-9,11H2,1-3H3,(H,17,20). The molecule has 0 radical (unpaired) electrons. The van der Waals surface area contributed by atoms with E-state index in [2.05, 4.69) is 40.8 Å². The zero-order valence-electron chi connectivity index (χ0n) is 12.6. The van der Waals surface area contributed by atoms with Crippen LogP contribution in [-0.2, 0) is 13.0 Å². The van der Waals surface area contributed by atoms with Gasteiger partial charge in [-0.25, -0.2) is 4.79 Å². The molecule has 0 saturated heterocycles. The second-order valence-corrected chi connectivity index (χ2v) is 5.44. The van der Waals surface area contributed by atoms with Gasteiger partial charge in [-0.15, -0.1) is 0 Å². The molecule has 0 aliphatic carbocycles. The van der Waals surface area contributed by atoms with Crippen molar-refractivity contribution >= 4 is 11.7 Å². The summed E-state index contributed by atoms with van der Waals surface area (Å²) in [5, 5.41) is 6.19. The van der Waals surface area contributed by atoms with Gasteiger partial charge < -0.3 is 20.4 Å². The van der Waals surface area contributed by atoms with Crippen LogP contribution in [0.1, 0.15) is 11.1 Å². The van der Waals surface area contributed by atoms with E-state index in [0.717, 1.165) is 26.1 Å². The van der Waals surface area contributed by atoms with Gasteiger partial charge in [-0.3, -0.25) is 0 Å². The maximum atomic E-state index is 11.3. The molecule has 20 heavy (non-hydrogen) atoms. The number of urea groups is 1. The van der Waals surface area contributed by atoms with E-state index in [0.29, 0.717) is 6.54 Å². The van der Waals surface area contributed by atoms with Gasteiger partial charge in [0, 0.05) is 53.0 Å². The van der Waals surface area contributed by atoms with Crippen molar-refractivity contribution in [3.63, 3.8) is 0 Å². The summed E-state index contributed by atoms with van der Waals surface area (Å²) in [6, 6.07) is 6.61. The number of carbonyl (C=O) groups is 1. The maximum Gasteiger partial charge on any atom is 0.316 e. The van der Waals surface area contributed by atoms with Crippen molar-refractivity contribution < 1.29 is 4.79 Å². The molecule has 1 aliphatic heterocycles. The average Bonchev–Trinajstić information content (AvgIpc) is 2.79. The Balaban J connectivity index is 1.71. The Kier molecular flexibility index (Phi) is 4.84. The molecule has 5 heteroatoms. The largest absolute Gasteiger partial charge is 0.374 e. The van der Waals surface area contributed by atoms with Crippen LogP contribution in [0.25, 0.3) is 0 Å². The molecular weight excluding hydrogens is 252 g/mol. The number of benzene rings is 1. The lowest BCUT2D eigenvalue weighted by molar-refractivity contribution is 0.217. The molecule has 0 atom stereocenters. The summed E-state index contributed by atoms with van der Waals surface area (Å²) >= 11 is 0. The molecule has 2 N–H and O–H groups in total. The molecule has 1 heterocycles. The zero-order chi connectivity index (χ0) is 14.5. The second kappa shape index (κ2) is 6.61. The fraction of sp³-hybridized carbons (Fsp3) is 0.533. The molecular formula is C15H24N4O. The van der Waals surface area contributed by atoms with Gasteiger partial charge >= 0.3 is 6.03 Å². The van der Waals surface area contributed by atoms with E-state index in [-0.39, 0.29) is 6.03 Å². The molecule has 0 aromatic heterocycles. The molecule has 1 aromatic carbocycles. The van der Waals surface area contributed by atoms with E-state index in [4.69, 9.17) is 0 Å². The second-order valence-electron chi connectivity index (χ2n) is 5.44. The van der Waals surface area contributed by atoms with E-state index in [9.17, 15) is 4.79 Å². The lowest BCUT2D eigenvalue weighted by atomic mass is 10.1. The molecule has 0 unspecified atom stereocenters. The normalized spacial score (nSPS) is 13.2. The Morgan fingerprint density at radius 3 is 2.90 bits per heavy atom.